The van der Waals surface area contributed by atoms with E-state index in [1.807, 2.05) is 10.8 Å². The van der Waals surface area contributed by atoms with Gasteiger partial charge in [0.15, 0.2) is 5.78 Å². The van der Waals surface area contributed by atoms with E-state index >= 15 is 0 Å². The molecule has 1 aromatic carbocycles. The smallest absolute Gasteiger partial charge is 0.253 e. The fourth-order valence-electron chi connectivity index (χ4n) is 3.43. The third kappa shape index (κ3) is 2.87. The first-order valence-corrected chi connectivity index (χ1v) is 8.73. The highest BCUT2D eigenvalue weighted by molar-refractivity contribution is 6.30. The van der Waals surface area contributed by atoms with Crippen LogP contribution >= 0.6 is 0 Å². The van der Waals surface area contributed by atoms with Crippen LogP contribution in [0.4, 0.5) is 0 Å². The van der Waals surface area contributed by atoms with Crippen LogP contribution in [0.25, 0.3) is 0 Å². The molecule has 1 amide bonds. The summed E-state index contributed by atoms with van der Waals surface area (Å²) in [6.45, 7) is 2.88. The molecule has 7 nitrogen and oxygen atoms in total. The average molecular weight is 362 g/mol. The van der Waals surface area contributed by atoms with Gasteiger partial charge in [-0.15, -0.1) is 0 Å². The molecule has 2 heterocycles. The molecule has 0 radical (unpaired) electrons. The van der Waals surface area contributed by atoms with Crippen LogP contribution in [0.5, 0.6) is 0 Å². The number of carbonyl (C=O) groups excluding carboxylic acids is 3. The first-order valence-electron chi connectivity index (χ1n) is 8.73. The highest BCUT2D eigenvalue weighted by Crippen LogP contribution is 2.30. The first kappa shape index (κ1) is 17.0. The molecule has 0 spiro atoms. The first-order chi connectivity index (χ1) is 13.1. The molecule has 0 aliphatic heterocycles. The fourth-order valence-corrected chi connectivity index (χ4v) is 3.43. The highest BCUT2D eigenvalue weighted by Gasteiger charge is 2.36. The summed E-state index contributed by atoms with van der Waals surface area (Å²) in [6.07, 6.45) is 6.00. The third-order valence-corrected chi connectivity index (χ3v) is 4.72. The molecule has 136 valence electrons. The van der Waals surface area contributed by atoms with Crippen LogP contribution < -0.4 is 5.32 Å². The number of imidazole rings is 1. The Morgan fingerprint density at radius 2 is 1.93 bits per heavy atom. The van der Waals surface area contributed by atoms with E-state index in [4.69, 9.17) is 0 Å². The Balaban J connectivity index is 1.56. The number of benzene rings is 1. The van der Waals surface area contributed by atoms with E-state index in [1.54, 1.807) is 43.7 Å². The van der Waals surface area contributed by atoms with Gasteiger partial charge in [0, 0.05) is 42.3 Å². The van der Waals surface area contributed by atoms with Gasteiger partial charge in [0.1, 0.15) is 0 Å². The zero-order valence-electron chi connectivity index (χ0n) is 14.8. The molecule has 3 aromatic rings. The van der Waals surface area contributed by atoms with Gasteiger partial charge in [-0.05, 0) is 13.3 Å². The molecule has 0 fully saturated rings. The van der Waals surface area contributed by atoms with Crippen molar-refractivity contribution in [1.82, 2.24) is 19.9 Å². The van der Waals surface area contributed by atoms with Crippen molar-refractivity contribution in [1.29, 1.82) is 0 Å². The Labute approximate surface area is 155 Å². The van der Waals surface area contributed by atoms with E-state index in [9.17, 15) is 14.4 Å². The summed E-state index contributed by atoms with van der Waals surface area (Å²) in [7, 11) is 0. The van der Waals surface area contributed by atoms with Crippen molar-refractivity contribution in [2.24, 2.45) is 0 Å². The SMILES string of the molecule is Cc1[nH]c2c(c1C(=O)NCCCn1ccnc1)C(=O)c1ccccc1C2=O. The van der Waals surface area contributed by atoms with Crippen molar-refractivity contribution >= 4 is 17.5 Å². The molecule has 0 saturated heterocycles. The fraction of sp³-hybridized carbons (Fsp3) is 0.200. The minimum Gasteiger partial charge on any atom is -0.355 e. The maximum atomic E-state index is 12.9. The van der Waals surface area contributed by atoms with E-state index in [2.05, 4.69) is 15.3 Å². The number of rotatable bonds is 5. The van der Waals surface area contributed by atoms with Gasteiger partial charge in [0.05, 0.1) is 23.1 Å². The molecular weight excluding hydrogens is 344 g/mol. The Morgan fingerprint density at radius 3 is 2.63 bits per heavy atom. The van der Waals surface area contributed by atoms with Crippen molar-refractivity contribution < 1.29 is 14.4 Å². The van der Waals surface area contributed by atoms with Gasteiger partial charge in [0.25, 0.3) is 5.91 Å². The quantitative estimate of drug-likeness (QED) is 0.532. The second-order valence-electron chi connectivity index (χ2n) is 6.49. The molecule has 0 atom stereocenters. The lowest BCUT2D eigenvalue weighted by atomic mass is 9.86. The van der Waals surface area contributed by atoms with Gasteiger partial charge in [-0.1, -0.05) is 24.3 Å². The molecule has 2 N–H and O–H groups in total. The maximum Gasteiger partial charge on any atom is 0.253 e. The van der Waals surface area contributed by atoms with Crippen LogP contribution in [0, 0.1) is 6.92 Å². The van der Waals surface area contributed by atoms with Crippen LogP contribution in [-0.2, 0) is 6.54 Å². The van der Waals surface area contributed by atoms with E-state index in [-0.39, 0.29) is 34.3 Å². The number of amides is 1. The van der Waals surface area contributed by atoms with Gasteiger partial charge >= 0.3 is 0 Å². The van der Waals surface area contributed by atoms with E-state index < -0.39 is 0 Å². The number of aromatic amines is 1. The molecule has 7 heteroatoms. The number of nitrogens with zero attached hydrogens (tertiary/aromatic N) is 2. The molecule has 0 bridgehead atoms. The molecule has 1 aliphatic rings. The Morgan fingerprint density at radius 1 is 1.19 bits per heavy atom. The van der Waals surface area contributed by atoms with Crippen molar-refractivity contribution in [2.45, 2.75) is 19.9 Å². The number of ketones is 2. The van der Waals surface area contributed by atoms with Crippen molar-refractivity contribution in [3.63, 3.8) is 0 Å². The van der Waals surface area contributed by atoms with Gasteiger partial charge in [-0.25, -0.2) is 4.98 Å². The predicted molar refractivity (Wildman–Crippen MR) is 98.0 cm³/mol. The van der Waals surface area contributed by atoms with Crippen molar-refractivity contribution in [3.8, 4) is 0 Å². The van der Waals surface area contributed by atoms with Gasteiger partial charge in [-0.3, -0.25) is 14.4 Å². The van der Waals surface area contributed by atoms with E-state index in [1.165, 1.54) is 0 Å². The zero-order chi connectivity index (χ0) is 19.0. The van der Waals surface area contributed by atoms with Crippen LogP contribution in [-0.4, -0.2) is 38.6 Å². The summed E-state index contributed by atoms with van der Waals surface area (Å²) in [4.78, 5) is 45.2. The second-order valence-corrected chi connectivity index (χ2v) is 6.49. The number of aromatic nitrogens is 3. The number of hydrogen-bond donors (Lipinski definition) is 2. The lowest BCUT2D eigenvalue weighted by molar-refractivity contribution is 0.0938. The number of aryl methyl sites for hydroxylation is 2. The molecule has 4 rings (SSSR count). The monoisotopic (exact) mass is 362 g/mol. The van der Waals surface area contributed by atoms with Crippen LogP contribution in [0.2, 0.25) is 0 Å². The Kier molecular flexibility index (Phi) is 4.19. The summed E-state index contributed by atoms with van der Waals surface area (Å²) in [6, 6.07) is 6.68. The second kappa shape index (κ2) is 6.68. The Bertz CT molecular complexity index is 1050. The molecule has 0 unspecified atom stereocenters. The zero-order valence-corrected chi connectivity index (χ0v) is 14.8. The summed E-state index contributed by atoms with van der Waals surface area (Å²) < 4.78 is 1.93. The summed E-state index contributed by atoms with van der Waals surface area (Å²) in [5.41, 5.74) is 1.83. The third-order valence-electron chi connectivity index (χ3n) is 4.72. The number of nitrogens with one attached hydrogen (secondary N) is 2. The molecule has 2 aromatic heterocycles. The average Bonchev–Trinajstić information content (AvgIpc) is 3.31. The lowest BCUT2D eigenvalue weighted by Crippen LogP contribution is -2.28. The van der Waals surface area contributed by atoms with E-state index in [0.29, 0.717) is 23.4 Å². The van der Waals surface area contributed by atoms with E-state index in [0.717, 1.165) is 13.0 Å². The van der Waals surface area contributed by atoms with Crippen molar-refractivity contribution in [2.75, 3.05) is 6.54 Å². The van der Waals surface area contributed by atoms with Crippen LogP contribution in [0.3, 0.4) is 0 Å². The van der Waals surface area contributed by atoms with Gasteiger partial charge < -0.3 is 14.9 Å². The van der Waals surface area contributed by atoms with Gasteiger partial charge in [0.2, 0.25) is 5.78 Å². The van der Waals surface area contributed by atoms with Gasteiger partial charge in [-0.2, -0.15) is 0 Å². The number of hydrogen-bond acceptors (Lipinski definition) is 4. The minimum atomic E-state index is -0.351. The largest absolute Gasteiger partial charge is 0.355 e. The molecular formula is C20H18N4O3. The summed E-state index contributed by atoms with van der Waals surface area (Å²) in [5, 5.41) is 2.84. The summed E-state index contributed by atoms with van der Waals surface area (Å²) in [5.74, 6) is -0.910. The molecule has 0 saturated carbocycles. The standard InChI is InChI=1S/C20H18N4O3/c1-12-15(20(27)22-7-4-9-24-10-8-21-11-24)16-17(23-12)19(26)14-6-3-2-5-13(14)18(16)25/h2-3,5-6,8,10-11,23H,4,7,9H2,1H3,(H,22,27). The topological polar surface area (TPSA) is 96.8 Å². The number of H-pyrrole nitrogens is 1. The molecule has 27 heavy (non-hydrogen) atoms. The lowest BCUT2D eigenvalue weighted by Gasteiger charge is -2.15. The Hall–Kier alpha value is -3.48. The number of carbonyl (C=O) groups is 3. The van der Waals surface area contributed by atoms with Crippen LogP contribution in [0.1, 0.15) is 54.4 Å². The predicted octanol–water partition coefficient (Wildman–Crippen LogP) is 2.12. The summed E-state index contributed by atoms with van der Waals surface area (Å²) >= 11 is 0. The maximum absolute atomic E-state index is 12.9. The molecule has 1 aliphatic carbocycles. The highest BCUT2D eigenvalue weighted by atomic mass is 16.2. The number of fused-ring (bicyclic) bond motifs is 2. The van der Waals surface area contributed by atoms with Crippen LogP contribution in [0.15, 0.2) is 43.0 Å². The van der Waals surface area contributed by atoms with Crippen molar-refractivity contribution in [3.05, 3.63) is 76.6 Å². The minimum absolute atomic E-state index is 0.170. The normalized spacial score (nSPS) is 12.6.